The van der Waals surface area contributed by atoms with Crippen LogP contribution in [0.3, 0.4) is 0 Å². The van der Waals surface area contributed by atoms with Gasteiger partial charge in [-0.25, -0.2) is 0 Å². The van der Waals surface area contributed by atoms with Crippen molar-refractivity contribution in [3.05, 3.63) is 34.9 Å². The van der Waals surface area contributed by atoms with E-state index in [0.29, 0.717) is 0 Å². The molecule has 0 radical (unpaired) electrons. The number of benzene rings is 1. The van der Waals surface area contributed by atoms with Crippen molar-refractivity contribution in [2.24, 2.45) is 11.8 Å². The molecule has 1 saturated heterocycles. The Kier molecular flexibility index (Phi) is 3.34. The molecule has 1 saturated carbocycles. The minimum absolute atomic E-state index is 0.898. The summed E-state index contributed by atoms with van der Waals surface area (Å²) >= 11 is 0. The zero-order valence-corrected chi connectivity index (χ0v) is 12.8. The van der Waals surface area contributed by atoms with E-state index in [2.05, 4.69) is 30.0 Å². The van der Waals surface area contributed by atoms with Gasteiger partial charge in [-0.15, -0.1) is 0 Å². The van der Waals surface area contributed by atoms with Crippen molar-refractivity contribution >= 4 is 0 Å². The second-order valence-corrected chi connectivity index (χ2v) is 7.20. The van der Waals surface area contributed by atoms with E-state index in [4.69, 9.17) is 0 Å². The second kappa shape index (κ2) is 5.18. The van der Waals surface area contributed by atoms with Gasteiger partial charge < -0.3 is 0 Å². The molecule has 4 rings (SSSR count). The SMILES string of the molecule is CCc1ccc2c(c1)CC1CCC(C2)C1N1CCCC1. The Labute approximate surface area is 123 Å². The Hall–Kier alpha value is -0.820. The summed E-state index contributed by atoms with van der Waals surface area (Å²) in [6.07, 6.45) is 9.68. The summed E-state index contributed by atoms with van der Waals surface area (Å²) in [6.45, 7) is 5.01. The summed E-state index contributed by atoms with van der Waals surface area (Å²) in [5.74, 6) is 1.87. The van der Waals surface area contributed by atoms with Gasteiger partial charge in [0.15, 0.2) is 0 Å². The first-order valence-corrected chi connectivity index (χ1v) is 8.70. The van der Waals surface area contributed by atoms with Crippen molar-refractivity contribution in [1.29, 1.82) is 0 Å². The predicted octanol–water partition coefficient (Wildman–Crippen LogP) is 3.84. The van der Waals surface area contributed by atoms with E-state index in [1.807, 2.05) is 0 Å². The molecule has 1 aromatic rings. The average molecular weight is 269 g/mol. The third kappa shape index (κ3) is 2.11. The van der Waals surface area contributed by atoms with E-state index in [-0.39, 0.29) is 0 Å². The molecule has 1 nitrogen and oxygen atoms in total. The monoisotopic (exact) mass is 269 g/mol. The third-order valence-corrected chi connectivity index (χ3v) is 6.08. The van der Waals surface area contributed by atoms with Crippen LogP contribution in [0.2, 0.25) is 0 Å². The van der Waals surface area contributed by atoms with E-state index >= 15 is 0 Å². The van der Waals surface area contributed by atoms with Crippen molar-refractivity contribution in [3.8, 4) is 0 Å². The van der Waals surface area contributed by atoms with Gasteiger partial charge in [-0.2, -0.15) is 0 Å². The molecule has 0 aromatic heterocycles. The number of fused-ring (bicyclic) bond motifs is 3. The fourth-order valence-corrected chi connectivity index (χ4v) is 5.09. The van der Waals surface area contributed by atoms with Gasteiger partial charge in [0.1, 0.15) is 0 Å². The maximum atomic E-state index is 2.84. The van der Waals surface area contributed by atoms with Gasteiger partial charge in [0, 0.05) is 6.04 Å². The minimum atomic E-state index is 0.898. The lowest BCUT2D eigenvalue weighted by molar-refractivity contribution is 0.159. The average Bonchev–Trinajstić information content (AvgIpc) is 3.05. The van der Waals surface area contributed by atoms with Gasteiger partial charge >= 0.3 is 0 Å². The highest BCUT2D eigenvalue weighted by Gasteiger charge is 2.42. The van der Waals surface area contributed by atoms with E-state index in [0.717, 1.165) is 17.9 Å². The van der Waals surface area contributed by atoms with Crippen molar-refractivity contribution in [2.45, 2.75) is 57.9 Å². The number of hydrogen-bond acceptors (Lipinski definition) is 1. The molecule has 0 spiro atoms. The van der Waals surface area contributed by atoms with Crippen molar-refractivity contribution < 1.29 is 0 Å². The van der Waals surface area contributed by atoms with Gasteiger partial charge in [-0.05, 0) is 86.6 Å². The van der Waals surface area contributed by atoms with Gasteiger partial charge in [-0.1, -0.05) is 25.1 Å². The summed E-state index contributed by atoms with van der Waals surface area (Å²) < 4.78 is 0. The van der Waals surface area contributed by atoms with Crippen LogP contribution in [0.5, 0.6) is 0 Å². The molecule has 3 atom stereocenters. The molecule has 0 N–H and O–H groups in total. The van der Waals surface area contributed by atoms with Crippen LogP contribution in [-0.2, 0) is 19.3 Å². The molecule has 3 unspecified atom stereocenters. The molecule has 1 heteroatoms. The third-order valence-electron chi connectivity index (χ3n) is 6.08. The summed E-state index contributed by atoms with van der Waals surface area (Å²) in [5.41, 5.74) is 4.87. The topological polar surface area (TPSA) is 3.24 Å². The first-order valence-electron chi connectivity index (χ1n) is 8.70. The van der Waals surface area contributed by atoms with E-state index in [1.165, 1.54) is 63.6 Å². The highest BCUT2D eigenvalue weighted by molar-refractivity contribution is 5.35. The fourth-order valence-electron chi connectivity index (χ4n) is 5.09. The van der Waals surface area contributed by atoms with E-state index in [1.54, 1.807) is 11.1 Å². The molecule has 20 heavy (non-hydrogen) atoms. The van der Waals surface area contributed by atoms with Crippen LogP contribution in [0.25, 0.3) is 0 Å². The minimum Gasteiger partial charge on any atom is -0.300 e. The highest BCUT2D eigenvalue weighted by Crippen LogP contribution is 2.43. The lowest BCUT2D eigenvalue weighted by atomic mass is 9.91. The smallest absolute Gasteiger partial charge is 0.0158 e. The molecule has 1 heterocycles. The van der Waals surface area contributed by atoms with Gasteiger partial charge in [0.25, 0.3) is 0 Å². The Bertz CT molecular complexity index is 487. The van der Waals surface area contributed by atoms with Crippen molar-refractivity contribution in [3.63, 3.8) is 0 Å². The summed E-state index contributed by atoms with van der Waals surface area (Å²) in [4.78, 5) is 2.84. The van der Waals surface area contributed by atoms with Crippen LogP contribution in [0.4, 0.5) is 0 Å². The lowest BCUT2D eigenvalue weighted by Gasteiger charge is -2.32. The van der Waals surface area contributed by atoms with Crippen LogP contribution in [0.15, 0.2) is 18.2 Å². The van der Waals surface area contributed by atoms with Crippen LogP contribution in [0, 0.1) is 11.8 Å². The molecular weight excluding hydrogens is 242 g/mol. The zero-order valence-electron chi connectivity index (χ0n) is 12.8. The van der Waals surface area contributed by atoms with E-state index in [9.17, 15) is 0 Å². The molecule has 3 aliphatic rings. The van der Waals surface area contributed by atoms with Gasteiger partial charge in [-0.3, -0.25) is 4.90 Å². The molecule has 2 fully saturated rings. The van der Waals surface area contributed by atoms with Gasteiger partial charge in [0.05, 0.1) is 0 Å². The number of nitrogens with zero attached hydrogens (tertiary/aromatic N) is 1. The molecule has 2 aliphatic carbocycles. The Balaban J connectivity index is 1.64. The number of hydrogen-bond donors (Lipinski definition) is 0. The van der Waals surface area contributed by atoms with Crippen molar-refractivity contribution in [1.82, 2.24) is 4.90 Å². The van der Waals surface area contributed by atoms with Crippen LogP contribution >= 0.6 is 0 Å². The molecule has 108 valence electrons. The van der Waals surface area contributed by atoms with Crippen molar-refractivity contribution in [2.75, 3.05) is 13.1 Å². The first-order chi connectivity index (χ1) is 9.85. The lowest BCUT2D eigenvalue weighted by Crippen LogP contribution is -2.40. The predicted molar refractivity (Wildman–Crippen MR) is 84.0 cm³/mol. The maximum Gasteiger partial charge on any atom is 0.0158 e. The van der Waals surface area contributed by atoms with Crippen LogP contribution < -0.4 is 0 Å². The Morgan fingerprint density at radius 3 is 2.40 bits per heavy atom. The first kappa shape index (κ1) is 12.9. The molecular formula is C19H27N. The van der Waals surface area contributed by atoms with Gasteiger partial charge in [0.2, 0.25) is 0 Å². The van der Waals surface area contributed by atoms with Crippen LogP contribution in [-0.4, -0.2) is 24.0 Å². The molecule has 2 bridgehead atoms. The largest absolute Gasteiger partial charge is 0.300 e. The normalized spacial score (nSPS) is 33.1. The summed E-state index contributed by atoms with van der Waals surface area (Å²) in [7, 11) is 0. The Morgan fingerprint density at radius 1 is 1.00 bits per heavy atom. The number of rotatable bonds is 2. The molecule has 0 amide bonds. The highest BCUT2D eigenvalue weighted by atomic mass is 15.2. The fraction of sp³-hybridized carbons (Fsp3) is 0.684. The summed E-state index contributed by atoms with van der Waals surface area (Å²) in [6, 6.07) is 8.21. The summed E-state index contributed by atoms with van der Waals surface area (Å²) in [5, 5.41) is 0. The quantitative estimate of drug-likeness (QED) is 0.788. The Morgan fingerprint density at radius 2 is 1.70 bits per heavy atom. The van der Waals surface area contributed by atoms with Crippen LogP contribution in [0.1, 0.15) is 49.3 Å². The van der Waals surface area contributed by atoms with E-state index < -0.39 is 0 Å². The molecule has 1 aromatic carbocycles. The standard InChI is InChI=1S/C19H27N/c1-2-14-5-6-15-12-16-7-8-17(13-18(15)11-14)19(16)20-9-3-4-10-20/h5-6,11,16-17,19H,2-4,7-10,12-13H2,1H3. The zero-order chi connectivity index (χ0) is 13.5. The number of aryl methyl sites for hydroxylation is 1. The number of likely N-dealkylation sites (tertiary alicyclic amines) is 1. The molecule has 1 aliphatic heterocycles. The maximum absolute atomic E-state index is 2.84. The second-order valence-electron chi connectivity index (χ2n) is 7.20.